The first-order valence-electron chi connectivity index (χ1n) is 10.5. The van der Waals surface area contributed by atoms with Gasteiger partial charge in [0.1, 0.15) is 5.82 Å². The molecule has 2 aliphatic rings. The second-order valence-electron chi connectivity index (χ2n) is 8.09. The zero-order valence-electron chi connectivity index (χ0n) is 17.2. The molecule has 0 unspecified atom stereocenters. The zero-order chi connectivity index (χ0) is 21.8. The van der Waals surface area contributed by atoms with Crippen LogP contribution in [0.2, 0.25) is 10.0 Å². The number of piperidine rings is 1. The van der Waals surface area contributed by atoms with Crippen molar-refractivity contribution in [2.45, 2.75) is 31.1 Å². The number of rotatable bonds is 4. The summed E-state index contributed by atoms with van der Waals surface area (Å²) in [4.78, 5) is 32.4. The summed E-state index contributed by atoms with van der Waals surface area (Å²) in [6.45, 7) is 2.08. The summed E-state index contributed by atoms with van der Waals surface area (Å²) in [7, 11) is 0. The normalized spacial score (nSPS) is 19.1. The van der Waals surface area contributed by atoms with Crippen LogP contribution in [0.25, 0.3) is 0 Å². The number of benzene rings is 1. The number of likely N-dealkylation sites (tertiary alicyclic amines) is 1. The molecule has 2 saturated heterocycles. The van der Waals surface area contributed by atoms with Gasteiger partial charge in [0.2, 0.25) is 11.8 Å². The Bertz CT molecular complexity index is 940. The zero-order valence-corrected chi connectivity index (χ0v) is 18.7. The number of nitrogens with zero attached hydrogens (tertiary/aromatic N) is 2. The Labute approximate surface area is 191 Å². The number of ether oxygens (including phenoxy) is 1. The van der Waals surface area contributed by atoms with Crippen LogP contribution in [0.3, 0.4) is 0 Å². The lowest BCUT2D eigenvalue weighted by atomic mass is 9.72. The van der Waals surface area contributed by atoms with Crippen molar-refractivity contribution in [1.29, 1.82) is 0 Å². The van der Waals surface area contributed by atoms with Crippen LogP contribution in [-0.2, 0) is 19.7 Å². The fourth-order valence-corrected chi connectivity index (χ4v) is 5.10. The van der Waals surface area contributed by atoms with Crippen molar-refractivity contribution in [2.24, 2.45) is 5.92 Å². The van der Waals surface area contributed by atoms with Gasteiger partial charge >= 0.3 is 0 Å². The molecule has 0 aliphatic carbocycles. The summed E-state index contributed by atoms with van der Waals surface area (Å²) in [5.41, 5.74) is 0.0880. The number of carbonyl (C=O) groups is 2. The lowest BCUT2D eigenvalue weighted by Gasteiger charge is -2.42. The highest BCUT2D eigenvalue weighted by Crippen LogP contribution is 2.41. The molecule has 3 heterocycles. The van der Waals surface area contributed by atoms with Gasteiger partial charge in [0, 0.05) is 48.5 Å². The van der Waals surface area contributed by atoms with Crippen LogP contribution < -0.4 is 5.32 Å². The molecule has 2 aromatic rings. The number of anilines is 1. The minimum absolute atomic E-state index is 0.0488. The molecule has 0 saturated carbocycles. The van der Waals surface area contributed by atoms with Crippen LogP contribution >= 0.6 is 23.2 Å². The molecule has 8 heteroatoms. The average molecular weight is 462 g/mol. The minimum Gasteiger partial charge on any atom is -0.381 e. The monoisotopic (exact) mass is 461 g/mol. The highest BCUT2D eigenvalue weighted by atomic mass is 35.5. The Balaban J connectivity index is 1.46. The highest BCUT2D eigenvalue weighted by molar-refractivity contribution is 6.35. The molecule has 4 rings (SSSR count). The molecule has 6 nitrogen and oxygen atoms in total. The van der Waals surface area contributed by atoms with E-state index in [2.05, 4.69) is 10.3 Å². The number of aromatic nitrogens is 1. The van der Waals surface area contributed by atoms with Crippen molar-refractivity contribution < 1.29 is 14.3 Å². The SMILES string of the molecule is O=C(Nc1ccccn1)C1CCN(C(=O)C2(c3ccc(Cl)cc3Cl)CCOCC2)CC1. The topological polar surface area (TPSA) is 71.5 Å². The maximum Gasteiger partial charge on any atom is 0.233 e. The van der Waals surface area contributed by atoms with Gasteiger partial charge in [0.05, 0.1) is 5.41 Å². The van der Waals surface area contributed by atoms with Gasteiger partial charge < -0.3 is 15.0 Å². The van der Waals surface area contributed by atoms with E-state index >= 15 is 0 Å². The molecule has 31 heavy (non-hydrogen) atoms. The van der Waals surface area contributed by atoms with E-state index in [-0.39, 0.29) is 17.7 Å². The predicted molar refractivity (Wildman–Crippen MR) is 120 cm³/mol. The maximum atomic E-state index is 13.7. The lowest BCUT2D eigenvalue weighted by molar-refractivity contribution is -0.143. The lowest BCUT2D eigenvalue weighted by Crippen LogP contribution is -2.52. The van der Waals surface area contributed by atoms with E-state index in [9.17, 15) is 9.59 Å². The average Bonchev–Trinajstić information content (AvgIpc) is 2.80. The second-order valence-corrected chi connectivity index (χ2v) is 8.93. The first-order valence-corrected chi connectivity index (χ1v) is 11.3. The first kappa shape index (κ1) is 22.1. The van der Waals surface area contributed by atoms with E-state index < -0.39 is 5.41 Å². The van der Waals surface area contributed by atoms with E-state index in [0.29, 0.717) is 67.8 Å². The van der Waals surface area contributed by atoms with E-state index in [4.69, 9.17) is 27.9 Å². The van der Waals surface area contributed by atoms with Gasteiger partial charge in [-0.05, 0) is 55.5 Å². The number of amides is 2. The Morgan fingerprint density at radius 3 is 2.48 bits per heavy atom. The third-order valence-corrected chi connectivity index (χ3v) is 6.82. The molecular weight excluding hydrogens is 437 g/mol. The fraction of sp³-hybridized carbons (Fsp3) is 0.435. The standard InChI is InChI=1S/C23H25Cl2N3O3/c24-17-4-5-18(19(25)15-17)23(8-13-31-14-9-23)22(30)28-11-6-16(7-12-28)21(29)27-20-3-1-2-10-26-20/h1-5,10,15-16H,6-9,11-14H2,(H,26,27,29). The van der Waals surface area contributed by atoms with Gasteiger partial charge in [0.25, 0.3) is 0 Å². The summed E-state index contributed by atoms with van der Waals surface area (Å²) in [6.07, 6.45) is 4.03. The Morgan fingerprint density at radius 1 is 1.10 bits per heavy atom. The minimum atomic E-state index is -0.719. The number of hydrogen-bond acceptors (Lipinski definition) is 4. The molecule has 0 spiro atoms. The number of carbonyl (C=O) groups excluding carboxylic acids is 2. The number of nitrogens with one attached hydrogen (secondary N) is 1. The first-order chi connectivity index (χ1) is 15.0. The summed E-state index contributed by atoms with van der Waals surface area (Å²) in [6, 6.07) is 10.7. The summed E-state index contributed by atoms with van der Waals surface area (Å²) in [5, 5.41) is 3.92. The predicted octanol–water partition coefficient (Wildman–Crippen LogP) is 4.31. The van der Waals surface area contributed by atoms with Crippen LogP contribution in [0.5, 0.6) is 0 Å². The third-order valence-electron chi connectivity index (χ3n) is 6.27. The van der Waals surface area contributed by atoms with Crippen molar-refractivity contribution >= 4 is 40.8 Å². The van der Waals surface area contributed by atoms with E-state index in [0.717, 1.165) is 5.56 Å². The second kappa shape index (κ2) is 9.55. The Hall–Kier alpha value is -2.15. The van der Waals surface area contributed by atoms with Crippen molar-refractivity contribution in [1.82, 2.24) is 9.88 Å². The molecule has 2 fully saturated rings. The molecule has 2 aliphatic heterocycles. The van der Waals surface area contributed by atoms with Crippen molar-refractivity contribution in [2.75, 3.05) is 31.6 Å². The molecule has 0 bridgehead atoms. The van der Waals surface area contributed by atoms with Gasteiger partial charge in [-0.15, -0.1) is 0 Å². The van der Waals surface area contributed by atoms with E-state index in [1.807, 2.05) is 17.0 Å². The quantitative estimate of drug-likeness (QED) is 0.735. The van der Waals surface area contributed by atoms with Gasteiger partial charge in [-0.25, -0.2) is 4.98 Å². The number of pyridine rings is 1. The number of halogens is 2. The van der Waals surface area contributed by atoms with E-state index in [1.54, 1.807) is 30.5 Å². The van der Waals surface area contributed by atoms with Crippen LogP contribution in [0, 0.1) is 5.92 Å². The van der Waals surface area contributed by atoms with Crippen LogP contribution in [0.1, 0.15) is 31.2 Å². The van der Waals surface area contributed by atoms with Crippen LogP contribution in [0.4, 0.5) is 5.82 Å². The molecule has 1 aromatic heterocycles. The highest BCUT2D eigenvalue weighted by Gasteiger charge is 2.46. The van der Waals surface area contributed by atoms with Gasteiger partial charge in [-0.1, -0.05) is 35.3 Å². The Morgan fingerprint density at radius 2 is 1.84 bits per heavy atom. The molecule has 1 aromatic carbocycles. The molecule has 164 valence electrons. The molecule has 1 N–H and O–H groups in total. The molecular formula is C23H25Cl2N3O3. The maximum absolute atomic E-state index is 13.7. The summed E-state index contributed by atoms with van der Waals surface area (Å²) >= 11 is 12.6. The smallest absolute Gasteiger partial charge is 0.233 e. The summed E-state index contributed by atoms with van der Waals surface area (Å²) < 4.78 is 5.55. The van der Waals surface area contributed by atoms with Gasteiger partial charge in [-0.3, -0.25) is 9.59 Å². The van der Waals surface area contributed by atoms with Crippen LogP contribution in [0.15, 0.2) is 42.6 Å². The van der Waals surface area contributed by atoms with Gasteiger partial charge in [0.15, 0.2) is 0 Å². The molecule has 0 atom stereocenters. The largest absolute Gasteiger partial charge is 0.381 e. The molecule has 0 radical (unpaired) electrons. The van der Waals surface area contributed by atoms with E-state index in [1.165, 1.54) is 0 Å². The van der Waals surface area contributed by atoms with Crippen molar-refractivity contribution in [3.63, 3.8) is 0 Å². The molecule has 2 amide bonds. The van der Waals surface area contributed by atoms with Gasteiger partial charge in [-0.2, -0.15) is 0 Å². The van der Waals surface area contributed by atoms with Crippen molar-refractivity contribution in [3.05, 3.63) is 58.2 Å². The number of hydrogen-bond donors (Lipinski definition) is 1. The third kappa shape index (κ3) is 4.71. The van der Waals surface area contributed by atoms with Crippen molar-refractivity contribution in [3.8, 4) is 0 Å². The summed E-state index contributed by atoms with van der Waals surface area (Å²) in [5.74, 6) is 0.413. The fourth-order valence-electron chi connectivity index (χ4n) is 4.51. The van der Waals surface area contributed by atoms with Crippen LogP contribution in [-0.4, -0.2) is 48.0 Å². The Kier molecular flexibility index (Phi) is 6.80.